The van der Waals surface area contributed by atoms with Gasteiger partial charge in [0.1, 0.15) is 0 Å². The van der Waals surface area contributed by atoms with Crippen LogP contribution in [-0.2, 0) is 11.4 Å². The molecule has 16 heavy (non-hydrogen) atoms. The third-order valence-electron chi connectivity index (χ3n) is 1.90. The number of rotatable bonds is 4. The van der Waals surface area contributed by atoms with Gasteiger partial charge < -0.3 is 4.74 Å². The predicted molar refractivity (Wildman–Crippen MR) is 60.6 cm³/mol. The highest BCUT2D eigenvalue weighted by molar-refractivity contribution is 5.30. The molecule has 0 radical (unpaired) electrons. The Hall–Kier alpha value is -1.13. The second-order valence-electron chi connectivity index (χ2n) is 4.47. The van der Waals surface area contributed by atoms with E-state index in [4.69, 9.17) is 9.57 Å². The molecule has 1 aromatic carbocycles. The first-order chi connectivity index (χ1) is 7.44. The minimum atomic E-state index is -0.352. The number of hydroxylamine groups is 1. The highest BCUT2D eigenvalue weighted by Gasteiger charge is 2.12. The van der Waals surface area contributed by atoms with Gasteiger partial charge in [0.2, 0.25) is 0 Å². The van der Waals surface area contributed by atoms with E-state index in [-0.39, 0.29) is 17.2 Å². The van der Waals surface area contributed by atoms with Crippen molar-refractivity contribution < 1.29 is 14.0 Å². The smallest absolute Gasteiger partial charge is 0.169 e. The summed E-state index contributed by atoms with van der Waals surface area (Å²) in [7, 11) is 1.45. The first-order valence-corrected chi connectivity index (χ1v) is 5.16. The fourth-order valence-electron chi connectivity index (χ4n) is 1.18. The highest BCUT2D eigenvalue weighted by atomic mass is 19.1. The molecule has 0 aromatic heterocycles. The zero-order chi connectivity index (χ0) is 12.2. The van der Waals surface area contributed by atoms with E-state index in [0.717, 1.165) is 0 Å². The summed E-state index contributed by atoms with van der Waals surface area (Å²) in [5, 5.41) is 0. The van der Waals surface area contributed by atoms with E-state index in [9.17, 15) is 4.39 Å². The second-order valence-corrected chi connectivity index (χ2v) is 4.47. The molecule has 1 N–H and O–H groups in total. The molecule has 0 amide bonds. The lowest BCUT2D eigenvalue weighted by Gasteiger charge is -2.19. The monoisotopic (exact) mass is 227 g/mol. The molecule has 0 heterocycles. The lowest BCUT2D eigenvalue weighted by Crippen LogP contribution is -2.29. The van der Waals surface area contributed by atoms with Gasteiger partial charge in [0.15, 0.2) is 11.6 Å². The summed E-state index contributed by atoms with van der Waals surface area (Å²) >= 11 is 0. The second kappa shape index (κ2) is 5.27. The Morgan fingerprint density at radius 3 is 2.56 bits per heavy atom. The molecule has 0 aliphatic heterocycles. The van der Waals surface area contributed by atoms with E-state index in [0.29, 0.717) is 12.1 Å². The molecule has 0 atom stereocenters. The fraction of sp³-hybridized carbons (Fsp3) is 0.500. The number of ether oxygens (including phenoxy) is 1. The Labute approximate surface area is 95.5 Å². The van der Waals surface area contributed by atoms with E-state index in [1.165, 1.54) is 7.11 Å². The number of hydrogen-bond donors (Lipinski definition) is 1. The zero-order valence-corrected chi connectivity index (χ0v) is 10.1. The Morgan fingerprint density at radius 2 is 2.00 bits per heavy atom. The van der Waals surface area contributed by atoms with Crippen LogP contribution in [0.25, 0.3) is 0 Å². The van der Waals surface area contributed by atoms with Crippen molar-refractivity contribution in [2.45, 2.75) is 32.9 Å². The van der Waals surface area contributed by atoms with Crippen LogP contribution in [0.4, 0.5) is 4.39 Å². The standard InChI is InChI=1S/C12H18FNO2/c1-12(2,3)16-14-8-9-6-5-7-10(15-4)11(9)13/h5-7,14H,8H2,1-4H3. The number of benzene rings is 1. The third kappa shape index (κ3) is 3.79. The number of methoxy groups -OCH3 is 1. The number of nitrogens with one attached hydrogen (secondary N) is 1. The quantitative estimate of drug-likeness (QED) is 0.802. The average molecular weight is 227 g/mol. The molecule has 0 aliphatic rings. The zero-order valence-electron chi connectivity index (χ0n) is 10.1. The van der Waals surface area contributed by atoms with Crippen LogP contribution in [0.15, 0.2) is 18.2 Å². The van der Waals surface area contributed by atoms with Crippen molar-refractivity contribution in [3.63, 3.8) is 0 Å². The van der Waals surface area contributed by atoms with Gasteiger partial charge in [0, 0.05) is 12.1 Å². The van der Waals surface area contributed by atoms with E-state index < -0.39 is 0 Å². The topological polar surface area (TPSA) is 30.5 Å². The minimum absolute atomic E-state index is 0.245. The molecule has 1 rings (SSSR count). The maximum atomic E-state index is 13.7. The maximum Gasteiger partial charge on any atom is 0.169 e. The van der Waals surface area contributed by atoms with Crippen LogP contribution < -0.4 is 10.2 Å². The van der Waals surface area contributed by atoms with Crippen molar-refractivity contribution in [2.75, 3.05) is 7.11 Å². The van der Waals surface area contributed by atoms with E-state index >= 15 is 0 Å². The van der Waals surface area contributed by atoms with Gasteiger partial charge in [-0.3, -0.25) is 4.84 Å². The molecular formula is C12H18FNO2. The molecule has 0 spiro atoms. The Morgan fingerprint density at radius 1 is 1.31 bits per heavy atom. The van der Waals surface area contributed by atoms with Gasteiger partial charge in [-0.05, 0) is 26.8 Å². The largest absolute Gasteiger partial charge is 0.494 e. The first kappa shape index (κ1) is 12.9. The summed E-state index contributed by atoms with van der Waals surface area (Å²) in [6.07, 6.45) is 0. The van der Waals surface area contributed by atoms with Gasteiger partial charge >= 0.3 is 0 Å². The Kier molecular flexibility index (Phi) is 4.26. The molecule has 4 heteroatoms. The summed E-state index contributed by atoms with van der Waals surface area (Å²) in [6, 6.07) is 5.02. The summed E-state index contributed by atoms with van der Waals surface area (Å²) in [5.74, 6) is -0.106. The summed E-state index contributed by atoms with van der Waals surface area (Å²) in [5.41, 5.74) is 2.96. The van der Waals surface area contributed by atoms with Gasteiger partial charge in [-0.15, -0.1) is 0 Å². The summed E-state index contributed by atoms with van der Waals surface area (Å²) < 4.78 is 18.6. The minimum Gasteiger partial charge on any atom is -0.494 e. The average Bonchev–Trinajstić information content (AvgIpc) is 2.19. The van der Waals surface area contributed by atoms with Gasteiger partial charge in [-0.25, -0.2) is 4.39 Å². The lowest BCUT2D eigenvalue weighted by atomic mass is 10.2. The van der Waals surface area contributed by atoms with Gasteiger partial charge in [-0.2, -0.15) is 5.48 Å². The van der Waals surface area contributed by atoms with Crippen LogP contribution in [0.1, 0.15) is 26.3 Å². The molecule has 0 aliphatic carbocycles. The van der Waals surface area contributed by atoms with Crippen molar-refractivity contribution in [2.24, 2.45) is 0 Å². The van der Waals surface area contributed by atoms with Crippen molar-refractivity contribution in [3.8, 4) is 5.75 Å². The van der Waals surface area contributed by atoms with Gasteiger partial charge in [0.05, 0.1) is 12.7 Å². The van der Waals surface area contributed by atoms with Crippen LogP contribution in [0.5, 0.6) is 5.75 Å². The first-order valence-electron chi connectivity index (χ1n) is 5.16. The van der Waals surface area contributed by atoms with Crippen LogP contribution >= 0.6 is 0 Å². The summed E-state index contributed by atoms with van der Waals surface area (Å²) in [6.45, 7) is 6.06. The Balaban J connectivity index is 2.61. The molecule has 1 aromatic rings. The van der Waals surface area contributed by atoms with Crippen LogP contribution in [0.3, 0.4) is 0 Å². The Bertz CT molecular complexity index is 347. The van der Waals surface area contributed by atoms with E-state index in [2.05, 4.69) is 5.48 Å². The van der Waals surface area contributed by atoms with E-state index in [1.807, 2.05) is 20.8 Å². The van der Waals surface area contributed by atoms with Crippen molar-refractivity contribution in [3.05, 3.63) is 29.6 Å². The van der Waals surface area contributed by atoms with Crippen molar-refractivity contribution in [1.82, 2.24) is 5.48 Å². The number of halogens is 1. The van der Waals surface area contributed by atoms with Gasteiger partial charge in [-0.1, -0.05) is 12.1 Å². The highest BCUT2D eigenvalue weighted by Crippen LogP contribution is 2.19. The van der Waals surface area contributed by atoms with Crippen LogP contribution in [0, 0.1) is 5.82 Å². The van der Waals surface area contributed by atoms with Crippen molar-refractivity contribution >= 4 is 0 Å². The molecule has 0 unspecified atom stereocenters. The van der Waals surface area contributed by atoms with Crippen LogP contribution in [-0.4, -0.2) is 12.7 Å². The molecule has 0 bridgehead atoms. The molecule has 0 saturated carbocycles. The lowest BCUT2D eigenvalue weighted by molar-refractivity contribution is -0.0760. The predicted octanol–water partition coefficient (Wildman–Crippen LogP) is 2.65. The molecule has 0 fully saturated rings. The van der Waals surface area contributed by atoms with E-state index in [1.54, 1.807) is 18.2 Å². The SMILES string of the molecule is COc1cccc(CNOC(C)(C)C)c1F. The summed E-state index contributed by atoms with van der Waals surface area (Å²) in [4.78, 5) is 5.30. The van der Waals surface area contributed by atoms with Crippen molar-refractivity contribution in [1.29, 1.82) is 0 Å². The van der Waals surface area contributed by atoms with Crippen LogP contribution in [0.2, 0.25) is 0 Å². The molecule has 3 nitrogen and oxygen atoms in total. The number of hydrogen-bond acceptors (Lipinski definition) is 3. The molecular weight excluding hydrogens is 209 g/mol. The molecule has 90 valence electrons. The maximum absolute atomic E-state index is 13.7. The fourth-order valence-corrected chi connectivity index (χ4v) is 1.18. The van der Waals surface area contributed by atoms with Gasteiger partial charge in [0.25, 0.3) is 0 Å². The molecule has 0 saturated heterocycles. The third-order valence-corrected chi connectivity index (χ3v) is 1.90. The normalized spacial score (nSPS) is 11.6.